The van der Waals surface area contributed by atoms with Crippen LogP contribution in [0.3, 0.4) is 0 Å². The van der Waals surface area contributed by atoms with Crippen molar-refractivity contribution in [1.82, 2.24) is 4.98 Å². The molecular formula is C15H10INO3S. The number of pyridine rings is 1. The third kappa shape index (κ3) is 2.38. The van der Waals surface area contributed by atoms with Crippen LogP contribution >= 0.6 is 22.6 Å². The van der Waals surface area contributed by atoms with E-state index in [1.54, 1.807) is 30.3 Å². The molecule has 0 aliphatic rings. The van der Waals surface area contributed by atoms with Crippen LogP contribution in [0.15, 0.2) is 69.3 Å². The maximum atomic E-state index is 12.6. The summed E-state index contributed by atoms with van der Waals surface area (Å²) in [4.78, 5) is 15.3. The standard InChI is InChI=1S/C15H10INO3S/c16-12-8-4-7-11-14(12)17-9-13(15(11)18)21(19,20)10-5-2-1-3-6-10/h1-9H,(H,17,18). The summed E-state index contributed by atoms with van der Waals surface area (Å²) in [5, 5.41) is 0.374. The number of sulfone groups is 1. The lowest BCUT2D eigenvalue weighted by atomic mass is 10.2. The molecule has 4 nitrogen and oxygen atoms in total. The molecule has 0 aliphatic carbocycles. The van der Waals surface area contributed by atoms with E-state index in [1.165, 1.54) is 18.3 Å². The number of para-hydroxylation sites is 1. The average molecular weight is 411 g/mol. The molecule has 3 rings (SSSR count). The van der Waals surface area contributed by atoms with Gasteiger partial charge in [0.25, 0.3) is 0 Å². The fourth-order valence-electron chi connectivity index (χ4n) is 2.12. The lowest BCUT2D eigenvalue weighted by Crippen LogP contribution is -2.16. The largest absolute Gasteiger partial charge is 0.359 e. The van der Waals surface area contributed by atoms with Crippen LogP contribution in [-0.2, 0) is 9.84 Å². The summed E-state index contributed by atoms with van der Waals surface area (Å²) in [5.74, 6) is 0. The van der Waals surface area contributed by atoms with Gasteiger partial charge in [-0.1, -0.05) is 24.3 Å². The number of aromatic nitrogens is 1. The summed E-state index contributed by atoms with van der Waals surface area (Å²) in [6, 6.07) is 13.2. The number of halogens is 1. The summed E-state index contributed by atoms with van der Waals surface area (Å²) in [5.41, 5.74) is 0.168. The van der Waals surface area contributed by atoms with Gasteiger partial charge in [-0.2, -0.15) is 0 Å². The zero-order valence-corrected chi connectivity index (χ0v) is 13.7. The zero-order valence-electron chi connectivity index (χ0n) is 10.7. The van der Waals surface area contributed by atoms with Crippen molar-refractivity contribution < 1.29 is 8.42 Å². The molecule has 0 spiro atoms. The molecule has 0 bridgehead atoms. The Morgan fingerprint density at radius 3 is 2.38 bits per heavy atom. The predicted octanol–water partition coefficient (Wildman–Crippen LogP) is 2.97. The van der Waals surface area contributed by atoms with Gasteiger partial charge in [-0.25, -0.2) is 8.42 Å². The minimum atomic E-state index is -3.82. The summed E-state index contributed by atoms with van der Waals surface area (Å²) in [6.07, 6.45) is 1.27. The van der Waals surface area contributed by atoms with Gasteiger partial charge in [0, 0.05) is 15.2 Å². The maximum Gasteiger partial charge on any atom is 0.211 e. The van der Waals surface area contributed by atoms with Gasteiger partial charge in [0.2, 0.25) is 15.3 Å². The smallest absolute Gasteiger partial charge is 0.211 e. The van der Waals surface area contributed by atoms with Crippen LogP contribution in [0.2, 0.25) is 0 Å². The van der Waals surface area contributed by atoms with Crippen molar-refractivity contribution in [2.24, 2.45) is 0 Å². The number of benzene rings is 2. The Hall–Kier alpha value is -1.67. The van der Waals surface area contributed by atoms with Crippen molar-refractivity contribution in [1.29, 1.82) is 0 Å². The molecule has 1 N–H and O–H groups in total. The Morgan fingerprint density at radius 1 is 0.952 bits per heavy atom. The predicted molar refractivity (Wildman–Crippen MR) is 89.2 cm³/mol. The highest BCUT2D eigenvalue weighted by atomic mass is 127. The normalized spacial score (nSPS) is 11.7. The molecule has 0 atom stereocenters. The number of hydrogen-bond donors (Lipinski definition) is 1. The third-order valence-corrected chi connectivity index (χ3v) is 5.85. The van der Waals surface area contributed by atoms with Gasteiger partial charge < -0.3 is 4.98 Å². The number of H-pyrrole nitrogens is 1. The number of aromatic amines is 1. The Labute approximate surface area is 134 Å². The van der Waals surface area contributed by atoms with Gasteiger partial charge in [-0.3, -0.25) is 4.79 Å². The molecule has 0 radical (unpaired) electrons. The molecule has 1 aromatic heterocycles. The number of hydrogen-bond acceptors (Lipinski definition) is 3. The first-order chi connectivity index (χ1) is 10.0. The van der Waals surface area contributed by atoms with E-state index in [4.69, 9.17) is 0 Å². The molecule has 6 heteroatoms. The molecule has 21 heavy (non-hydrogen) atoms. The highest BCUT2D eigenvalue weighted by molar-refractivity contribution is 14.1. The zero-order chi connectivity index (χ0) is 15.0. The van der Waals surface area contributed by atoms with Gasteiger partial charge in [0.05, 0.1) is 10.4 Å². The minimum Gasteiger partial charge on any atom is -0.359 e. The van der Waals surface area contributed by atoms with E-state index in [0.29, 0.717) is 10.9 Å². The molecule has 0 fully saturated rings. The van der Waals surface area contributed by atoms with Gasteiger partial charge >= 0.3 is 0 Å². The first kappa shape index (κ1) is 14.3. The highest BCUT2D eigenvalue weighted by Crippen LogP contribution is 2.21. The number of nitrogens with one attached hydrogen (secondary N) is 1. The molecule has 106 valence electrons. The van der Waals surface area contributed by atoms with Crippen LogP contribution in [0, 0.1) is 3.57 Å². The first-order valence-electron chi connectivity index (χ1n) is 6.12. The third-order valence-electron chi connectivity index (χ3n) is 3.17. The van der Waals surface area contributed by atoms with E-state index < -0.39 is 15.3 Å². The maximum absolute atomic E-state index is 12.6. The average Bonchev–Trinajstić information content (AvgIpc) is 2.49. The van der Waals surface area contributed by atoms with E-state index in [1.807, 2.05) is 6.07 Å². The quantitative estimate of drug-likeness (QED) is 0.660. The van der Waals surface area contributed by atoms with Crippen LogP contribution < -0.4 is 5.43 Å². The first-order valence-corrected chi connectivity index (χ1v) is 8.68. The van der Waals surface area contributed by atoms with E-state index in [-0.39, 0.29) is 9.79 Å². The molecule has 0 unspecified atom stereocenters. The summed E-state index contributed by atoms with van der Waals surface area (Å²) >= 11 is 2.10. The molecule has 0 amide bonds. The highest BCUT2D eigenvalue weighted by Gasteiger charge is 2.22. The van der Waals surface area contributed by atoms with Crippen LogP contribution in [0.25, 0.3) is 10.9 Å². The summed E-state index contributed by atoms with van der Waals surface area (Å²) in [7, 11) is -3.82. The van der Waals surface area contributed by atoms with Crippen molar-refractivity contribution >= 4 is 43.3 Å². The van der Waals surface area contributed by atoms with Crippen LogP contribution in [0.5, 0.6) is 0 Å². The molecule has 0 aliphatic heterocycles. The van der Waals surface area contributed by atoms with Gasteiger partial charge in [0.15, 0.2) is 0 Å². The molecule has 0 saturated carbocycles. The van der Waals surface area contributed by atoms with E-state index in [0.717, 1.165) is 3.57 Å². The van der Waals surface area contributed by atoms with Gasteiger partial charge in [-0.15, -0.1) is 0 Å². The fraction of sp³-hybridized carbons (Fsp3) is 0. The number of fused-ring (bicyclic) bond motifs is 1. The van der Waals surface area contributed by atoms with Crippen molar-refractivity contribution in [3.8, 4) is 0 Å². The second-order valence-corrected chi connectivity index (χ2v) is 7.54. The van der Waals surface area contributed by atoms with Crippen molar-refractivity contribution in [3.63, 3.8) is 0 Å². The molecular weight excluding hydrogens is 401 g/mol. The monoisotopic (exact) mass is 411 g/mol. The SMILES string of the molecule is O=c1c(S(=O)(=O)c2ccccc2)c[nH]c2c(I)cccc12. The Bertz CT molecular complexity index is 979. The molecule has 2 aromatic carbocycles. The van der Waals surface area contributed by atoms with E-state index in [2.05, 4.69) is 27.6 Å². The Balaban J connectivity index is 2.33. The molecule has 1 heterocycles. The lowest BCUT2D eigenvalue weighted by molar-refractivity contribution is 0.595. The van der Waals surface area contributed by atoms with E-state index in [9.17, 15) is 13.2 Å². The van der Waals surface area contributed by atoms with Crippen LogP contribution in [-0.4, -0.2) is 13.4 Å². The fourth-order valence-corrected chi connectivity index (χ4v) is 4.11. The summed E-state index contributed by atoms with van der Waals surface area (Å²) in [6.45, 7) is 0. The van der Waals surface area contributed by atoms with Crippen molar-refractivity contribution in [3.05, 3.63) is 68.5 Å². The second-order valence-electron chi connectivity index (χ2n) is 4.46. The lowest BCUT2D eigenvalue weighted by Gasteiger charge is -2.06. The van der Waals surface area contributed by atoms with Crippen molar-refractivity contribution in [2.45, 2.75) is 9.79 Å². The van der Waals surface area contributed by atoms with Crippen LogP contribution in [0.4, 0.5) is 0 Å². The topological polar surface area (TPSA) is 67.0 Å². The molecule has 0 saturated heterocycles. The summed E-state index contributed by atoms with van der Waals surface area (Å²) < 4.78 is 26.0. The second kappa shape index (κ2) is 5.27. The van der Waals surface area contributed by atoms with Gasteiger partial charge in [0.1, 0.15) is 4.90 Å². The van der Waals surface area contributed by atoms with Gasteiger partial charge in [-0.05, 0) is 46.9 Å². The van der Waals surface area contributed by atoms with E-state index >= 15 is 0 Å². The Kier molecular flexibility index (Phi) is 3.58. The Morgan fingerprint density at radius 2 is 1.67 bits per heavy atom. The minimum absolute atomic E-state index is 0.112. The van der Waals surface area contributed by atoms with Crippen LogP contribution in [0.1, 0.15) is 0 Å². The van der Waals surface area contributed by atoms with Crippen molar-refractivity contribution in [2.75, 3.05) is 0 Å². The molecule has 3 aromatic rings. The number of rotatable bonds is 2.